The molecule has 0 saturated carbocycles. The van der Waals surface area contributed by atoms with Gasteiger partial charge >= 0.3 is 0 Å². The van der Waals surface area contributed by atoms with Crippen LogP contribution >= 0.6 is 0 Å². The van der Waals surface area contributed by atoms with Crippen molar-refractivity contribution in [2.75, 3.05) is 7.11 Å². The molecule has 27 heavy (non-hydrogen) atoms. The van der Waals surface area contributed by atoms with Crippen molar-refractivity contribution >= 4 is 16.7 Å². The van der Waals surface area contributed by atoms with Gasteiger partial charge in [0.05, 0.1) is 12.6 Å². The van der Waals surface area contributed by atoms with Crippen molar-refractivity contribution < 1.29 is 9.53 Å². The number of pyridine rings is 1. The molecule has 0 aliphatic heterocycles. The largest absolute Gasteiger partial charge is 0.497 e. The molecule has 0 aliphatic rings. The van der Waals surface area contributed by atoms with Crippen LogP contribution in [0.4, 0.5) is 0 Å². The number of carbonyl (C=O) groups is 1. The van der Waals surface area contributed by atoms with E-state index in [2.05, 4.69) is 19.1 Å². The minimum atomic E-state index is -0.0982. The number of aryl methyl sites for hydroxylation is 1. The molecule has 0 N–H and O–H groups in total. The molecule has 0 radical (unpaired) electrons. The van der Waals surface area contributed by atoms with Crippen LogP contribution in [-0.4, -0.2) is 17.9 Å². The third kappa shape index (κ3) is 3.32. The van der Waals surface area contributed by atoms with Crippen molar-refractivity contribution in [3.8, 4) is 16.9 Å². The monoisotopic (exact) mass is 353 g/mol. The highest BCUT2D eigenvalue weighted by Gasteiger charge is 2.18. The first-order chi connectivity index (χ1) is 13.2. The van der Waals surface area contributed by atoms with E-state index < -0.39 is 0 Å². The second-order valence-corrected chi connectivity index (χ2v) is 6.50. The zero-order valence-electron chi connectivity index (χ0n) is 15.3. The number of rotatable bonds is 4. The lowest BCUT2D eigenvalue weighted by Crippen LogP contribution is -2.07. The van der Waals surface area contributed by atoms with Gasteiger partial charge in [-0.3, -0.25) is 4.79 Å². The predicted octanol–water partition coefficient (Wildman–Crippen LogP) is 5.45. The van der Waals surface area contributed by atoms with Gasteiger partial charge in [0.25, 0.3) is 0 Å². The van der Waals surface area contributed by atoms with E-state index in [0.717, 1.165) is 33.3 Å². The summed E-state index contributed by atoms with van der Waals surface area (Å²) in [6.07, 6.45) is 0. The summed E-state index contributed by atoms with van der Waals surface area (Å²) >= 11 is 0. The minimum Gasteiger partial charge on any atom is -0.497 e. The summed E-state index contributed by atoms with van der Waals surface area (Å²) in [7, 11) is 1.61. The Morgan fingerprint density at radius 3 is 2.33 bits per heavy atom. The summed E-state index contributed by atoms with van der Waals surface area (Å²) in [4.78, 5) is 18.0. The molecule has 3 nitrogen and oxygen atoms in total. The fourth-order valence-corrected chi connectivity index (χ4v) is 3.19. The van der Waals surface area contributed by atoms with Crippen LogP contribution in [0.5, 0.6) is 5.75 Å². The highest BCUT2D eigenvalue weighted by molar-refractivity contribution is 6.12. The Morgan fingerprint density at radius 2 is 1.63 bits per heavy atom. The minimum absolute atomic E-state index is 0.0982. The standard InChI is InChI=1S/C24H19NO2/c1-16-8-13-22-19(14-16)15-21(17-6-4-3-5-7-17)23(25-22)24(26)18-9-11-20(27-2)12-10-18/h3-15H,1-2H3. The molecular formula is C24H19NO2. The summed E-state index contributed by atoms with van der Waals surface area (Å²) in [5, 5.41) is 1.03. The van der Waals surface area contributed by atoms with E-state index in [1.807, 2.05) is 42.5 Å². The number of ether oxygens (including phenoxy) is 1. The molecule has 1 aromatic heterocycles. The molecule has 1 heterocycles. The highest BCUT2D eigenvalue weighted by Crippen LogP contribution is 2.29. The van der Waals surface area contributed by atoms with E-state index in [1.54, 1.807) is 31.4 Å². The molecule has 0 unspecified atom stereocenters. The van der Waals surface area contributed by atoms with Gasteiger partial charge in [0.1, 0.15) is 11.4 Å². The van der Waals surface area contributed by atoms with E-state index in [0.29, 0.717) is 11.3 Å². The van der Waals surface area contributed by atoms with Crippen molar-refractivity contribution in [1.82, 2.24) is 4.98 Å². The number of nitrogens with zero attached hydrogens (tertiary/aromatic N) is 1. The van der Waals surface area contributed by atoms with Gasteiger partial charge in [0.2, 0.25) is 5.78 Å². The molecule has 3 aromatic carbocycles. The average Bonchev–Trinajstić information content (AvgIpc) is 2.73. The van der Waals surface area contributed by atoms with Crippen molar-refractivity contribution in [3.63, 3.8) is 0 Å². The summed E-state index contributed by atoms with van der Waals surface area (Å²) in [6, 6.07) is 25.2. The van der Waals surface area contributed by atoms with E-state index >= 15 is 0 Å². The first-order valence-electron chi connectivity index (χ1n) is 8.81. The molecule has 4 aromatic rings. The van der Waals surface area contributed by atoms with Gasteiger partial charge in [-0.25, -0.2) is 4.98 Å². The molecule has 4 rings (SSSR count). The van der Waals surface area contributed by atoms with Crippen molar-refractivity contribution in [2.24, 2.45) is 0 Å². The maximum Gasteiger partial charge on any atom is 0.212 e. The summed E-state index contributed by atoms with van der Waals surface area (Å²) < 4.78 is 5.19. The van der Waals surface area contributed by atoms with E-state index in [4.69, 9.17) is 9.72 Å². The van der Waals surface area contributed by atoms with Crippen LogP contribution < -0.4 is 4.74 Å². The van der Waals surface area contributed by atoms with Crippen LogP contribution in [0.25, 0.3) is 22.0 Å². The van der Waals surface area contributed by atoms with Crippen LogP contribution in [0.15, 0.2) is 78.9 Å². The second kappa shape index (κ2) is 7.04. The zero-order chi connectivity index (χ0) is 18.8. The fourth-order valence-electron chi connectivity index (χ4n) is 3.19. The first kappa shape index (κ1) is 17.0. The fraction of sp³-hybridized carbons (Fsp3) is 0.0833. The molecule has 0 bridgehead atoms. The lowest BCUT2D eigenvalue weighted by Gasteiger charge is -2.11. The highest BCUT2D eigenvalue weighted by atomic mass is 16.5. The quantitative estimate of drug-likeness (QED) is 0.458. The normalized spacial score (nSPS) is 10.7. The van der Waals surface area contributed by atoms with Crippen LogP contribution in [0, 0.1) is 6.92 Å². The maximum absolute atomic E-state index is 13.2. The Bertz CT molecular complexity index is 1120. The molecule has 132 valence electrons. The van der Waals surface area contributed by atoms with Gasteiger partial charge in [-0.05, 0) is 55.0 Å². The number of ketones is 1. The van der Waals surface area contributed by atoms with Crippen LogP contribution in [0.2, 0.25) is 0 Å². The van der Waals surface area contributed by atoms with Gasteiger partial charge in [-0.1, -0.05) is 42.0 Å². The number of fused-ring (bicyclic) bond motifs is 1. The summed E-state index contributed by atoms with van der Waals surface area (Å²) in [5.41, 5.74) is 4.85. The van der Waals surface area contributed by atoms with E-state index in [9.17, 15) is 4.79 Å². The van der Waals surface area contributed by atoms with E-state index in [-0.39, 0.29) is 5.78 Å². The van der Waals surface area contributed by atoms with Crippen molar-refractivity contribution in [2.45, 2.75) is 6.92 Å². The molecule has 0 fully saturated rings. The van der Waals surface area contributed by atoms with Gasteiger partial charge in [0, 0.05) is 16.5 Å². The lowest BCUT2D eigenvalue weighted by molar-refractivity contribution is 0.103. The van der Waals surface area contributed by atoms with Gasteiger partial charge in [-0.15, -0.1) is 0 Å². The average molecular weight is 353 g/mol. The molecule has 3 heteroatoms. The SMILES string of the molecule is COc1ccc(C(=O)c2nc3ccc(C)cc3cc2-c2ccccc2)cc1. The molecule has 0 saturated heterocycles. The Kier molecular flexibility index (Phi) is 4.43. The maximum atomic E-state index is 13.2. The second-order valence-electron chi connectivity index (χ2n) is 6.50. The van der Waals surface area contributed by atoms with Crippen LogP contribution in [-0.2, 0) is 0 Å². The number of methoxy groups -OCH3 is 1. The van der Waals surface area contributed by atoms with Gasteiger partial charge in [0.15, 0.2) is 0 Å². The third-order valence-corrected chi connectivity index (χ3v) is 4.62. The van der Waals surface area contributed by atoms with Crippen LogP contribution in [0.3, 0.4) is 0 Å². The molecule has 0 spiro atoms. The molecule has 0 aliphatic carbocycles. The molecule has 0 amide bonds. The topological polar surface area (TPSA) is 39.2 Å². The Labute approximate surface area is 158 Å². The van der Waals surface area contributed by atoms with Gasteiger partial charge < -0.3 is 4.74 Å². The number of aromatic nitrogens is 1. The third-order valence-electron chi connectivity index (χ3n) is 4.62. The lowest BCUT2D eigenvalue weighted by atomic mass is 9.96. The predicted molar refractivity (Wildman–Crippen MR) is 108 cm³/mol. The molecule has 0 atom stereocenters. The van der Waals surface area contributed by atoms with Crippen LogP contribution in [0.1, 0.15) is 21.6 Å². The Balaban J connectivity index is 1.91. The summed E-state index contributed by atoms with van der Waals surface area (Å²) in [5.74, 6) is 0.621. The number of carbonyl (C=O) groups excluding carboxylic acids is 1. The number of benzene rings is 3. The van der Waals surface area contributed by atoms with Crippen molar-refractivity contribution in [1.29, 1.82) is 0 Å². The van der Waals surface area contributed by atoms with Gasteiger partial charge in [-0.2, -0.15) is 0 Å². The number of hydrogen-bond acceptors (Lipinski definition) is 3. The smallest absolute Gasteiger partial charge is 0.212 e. The summed E-state index contributed by atoms with van der Waals surface area (Å²) in [6.45, 7) is 2.05. The first-order valence-corrected chi connectivity index (χ1v) is 8.81. The Hall–Kier alpha value is -3.46. The zero-order valence-corrected chi connectivity index (χ0v) is 15.3. The molecular weight excluding hydrogens is 334 g/mol. The number of hydrogen-bond donors (Lipinski definition) is 0. The Morgan fingerprint density at radius 1 is 0.889 bits per heavy atom. The van der Waals surface area contributed by atoms with Crippen molar-refractivity contribution in [3.05, 3.63) is 95.7 Å². The van der Waals surface area contributed by atoms with E-state index in [1.165, 1.54) is 0 Å².